The van der Waals surface area contributed by atoms with E-state index < -0.39 is 0 Å². The van der Waals surface area contributed by atoms with Gasteiger partial charge in [-0.1, -0.05) is 41.9 Å². The quantitative estimate of drug-likeness (QED) is 0.579. The van der Waals surface area contributed by atoms with Crippen LogP contribution in [-0.4, -0.2) is 45.8 Å². The molecule has 1 saturated heterocycles. The lowest BCUT2D eigenvalue weighted by molar-refractivity contribution is 0.0708. The molecule has 0 saturated carbocycles. The largest absolute Gasteiger partial charge is 0.338 e. The third kappa shape index (κ3) is 5.51. The van der Waals surface area contributed by atoms with Crippen molar-refractivity contribution in [2.24, 2.45) is 0 Å². The Morgan fingerprint density at radius 2 is 1.76 bits per heavy atom. The van der Waals surface area contributed by atoms with E-state index in [0.717, 1.165) is 11.3 Å². The van der Waals surface area contributed by atoms with Crippen LogP contribution in [0.5, 0.6) is 0 Å². The van der Waals surface area contributed by atoms with E-state index in [9.17, 15) is 14.0 Å². The van der Waals surface area contributed by atoms with Gasteiger partial charge in [0, 0.05) is 24.8 Å². The van der Waals surface area contributed by atoms with E-state index in [1.54, 1.807) is 28.6 Å². The molecular weight excluding hydrogens is 445 g/mol. The summed E-state index contributed by atoms with van der Waals surface area (Å²) in [6, 6.07) is 15.0. The van der Waals surface area contributed by atoms with Crippen LogP contribution in [0.15, 0.2) is 54.6 Å². The van der Waals surface area contributed by atoms with Crippen LogP contribution in [0, 0.1) is 12.7 Å². The normalized spacial score (nSPS) is 14.2. The van der Waals surface area contributed by atoms with Crippen LogP contribution in [0.1, 0.15) is 34.5 Å². The van der Waals surface area contributed by atoms with Gasteiger partial charge >= 0.3 is 6.03 Å². The first kappa shape index (κ1) is 22.8. The molecule has 3 aromatic rings. The molecular formula is C24H25ClFN5O2. The highest BCUT2D eigenvalue weighted by Crippen LogP contribution is 2.24. The second kappa shape index (κ2) is 10.0. The first-order valence-electron chi connectivity index (χ1n) is 10.8. The minimum Gasteiger partial charge on any atom is -0.338 e. The fourth-order valence-electron chi connectivity index (χ4n) is 3.92. The second-order valence-corrected chi connectivity index (χ2v) is 8.42. The Balaban J connectivity index is 1.34. The molecule has 33 heavy (non-hydrogen) atoms. The highest BCUT2D eigenvalue weighted by atomic mass is 35.5. The number of halogens is 2. The van der Waals surface area contributed by atoms with Gasteiger partial charge in [0.1, 0.15) is 11.0 Å². The fourth-order valence-corrected chi connectivity index (χ4v) is 4.24. The van der Waals surface area contributed by atoms with E-state index in [0.29, 0.717) is 43.7 Å². The molecule has 9 heteroatoms. The van der Waals surface area contributed by atoms with Gasteiger partial charge in [-0.25, -0.2) is 13.9 Å². The van der Waals surface area contributed by atoms with E-state index in [1.807, 2.05) is 30.3 Å². The van der Waals surface area contributed by atoms with Crippen molar-refractivity contribution < 1.29 is 14.0 Å². The topological polar surface area (TPSA) is 79.3 Å². The summed E-state index contributed by atoms with van der Waals surface area (Å²) in [5, 5.41) is 10.5. The minimum atomic E-state index is -0.312. The van der Waals surface area contributed by atoms with Gasteiger partial charge in [0.05, 0.1) is 17.8 Å². The number of hydrogen-bond acceptors (Lipinski definition) is 3. The van der Waals surface area contributed by atoms with Gasteiger partial charge < -0.3 is 15.5 Å². The number of piperidine rings is 1. The number of rotatable bonds is 5. The maximum Gasteiger partial charge on any atom is 0.319 e. The zero-order valence-corrected chi connectivity index (χ0v) is 19.0. The number of nitrogens with zero attached hydrogens (tertiary/aromatic N) is 3. The third-order valence-corrected chi connectivity index (χ3v) is 6.06. The van der Waals surface area contributed by atoms with Crippen molar-refractivity contribution in [2.75, 3.05) is 18.4 Å². The van der Waals surface area contributed by atoms with Crippen LogP contribution in [0.25, 0.3) is 0 Å². The Bertz CT molecular complexity index is 1130. The van der Waals surface area contributed by atoms with E-state index >= 15 is 0 Å². The molecule has 2 N–H and O–H groups in total. The van der Waals surface area contributed by atoms with E-state index in [1.165, 1.54) is 12.1 Å². The van der Waals surface area contributed by atoms with Gasteiger partial charge in [-0.15, -0.1) is 0 Å². The molecule has 172 valence electrons. The maximum absolute atomic E-state index is 13.2. The zero-order valence-electron chi connectivity index (χ0n) is 18.2. The molecule has 0 radical (unpaired) electrons. The van der Waals surface area contributed by atoms with Crippen molar-refractivity contribution in [3.05, 3.63) is 82.4 Å². The number of aromatic nitrogens is 2. The minimum absolute atomic E-state index is 0.0180. The number of likely N-dealkylation sites (tertiary alicyclic amines) is 1. The Labute approximate surface area is 196 Å². The summed E-state index contributed by atoms with van der Waals surface area (Å²) >= 11 is 6.51. The highest BCUT2D eigenvalue weighted by Gasteiger charge is 2.29. The highest BCUT2D eigenvalue weighted by molar-refractivity contribution is 6.33. The molecule has 0 spiro atoms. The van der Waals surface area contributed by atoms with E-state index in [-0.39, 0.29) is 29.0 Å². The lowest BCUT2D eigenvalue weighted by Crippen LogP contribution is -2.47. The molecule has 0 unspecified atom stereocenters. The summed E-state index contributed by atoms with van der Waals surface area (Å²) in [5.74, 6) is -0.483. The lowest BCUT2D eigenvalue weighted by atomic mass is 10.0. The van der Waals surface area contributed by atoms with Crippen LogP contribution in [0.2, 0.25) is 5.15 Å². The summed E-state index contributed by atoms with van der Waals surface area (Å²) in [6.07, 6.45) is 1.29. The Hall–Kier alpha value is -3.39. The average molecular weight is 470 g/mol. The molecule has 0 bridgehead atoms. The zero-order chi connectivity index (χ0) is 23.4. The van der Waals surface area contributed by atoms with Crippen LogP contribution in [0.3, 0.4) is 0 Å². The number of para-hydroxylation sites is 1. The molecule has 1 aliphatic rings. The number of carbonyl (C=O) groups is 2. The first-order chi connectivity index (χ1) is 15.9. The monoisotopic (exact) mass is 469 g/mol. The summed E-state index contributed by atoms with van der Waals surface area (Å²) in [6.45, 7) is 3.11. The predicted molar refractivity (Wildman–Crippen MR) is 125 cm³/mol. The number of aryl methyl sites for hydroxylation is 1. The summed E-state index contributed by atoms with van der Waals surface area (Å²) < 4.78 is 14.7. The van der Waals surface area contributed by atoms with E-state index in [4.69, 9.17) is 11.6 Å². The molecule has 1 fully saturated rings. The first-order valence-corrected chi connectivity index (χ1v) is 11.2. The van der Waals surface area contributed by atoms with Gasteiger partial charge in [-0.05, 0) is 49.6 Å². The number of hydrogen-bond donors (Lipinski definition) is 2. The van der Waals surface area contributed by atoms with Crippen LogP contribution >= 0.6 is 11.6 Å². The summed E-state index contributed by atoms with van der Waals surface area (Å²) in [4.78, 5) is 27.1. The molecule has 7 nitrogen and oxygen atoms in total. The summed E-state index contributed by atoms with van der Waals surface area (Å²) in [7, 11) is 0. The maximum atomic E-state index is 13.2. The fraction of sp³-hybridized carbons (Fsp3) is 0.292. The number of carbonyl (C=O) groups excluding carboxylic acids is 2. The molecule has 2 aromatic carbocycles. The Morgan fingerprint density at radius 1 is 1.09 bits per heavy atom. The van der Waals surface area contributed by atoms with Crippen molar-refractivity contribution in [1.82, 2.24) is 20.0 Å². The third-order valence-electron chi connectivity index (χ3n) is 5.67. The number of nitrogens with one attached hydrogen (secondary N) is 2. The van der Waals surface area contributed by atoms with Gasteiger partial charge in [0.25, 0.3) is 5.91 Å². The molecule has 0 aliphatic carbocycles. The molecule has 2 heterocycles. The number of benzene rings is 2. The van der Waals surface area contributed by atoms with Crippen LogP contribution < -0.4 is 10.6 Å². The van der Waals surface area contributed by atoms with Crippen molar-refractivity contribution in [3.63, 3.8) is 0 Å². The Kier molecular flexibility index (Phi) is 6.93. The van der Waals surface area contributed by atoms with Crippen molar-refractivity contribution in [3.8, 4) is 0 Å². The van der Waals surface area contributed by atoms with Crippen molar-refractivity contribution in [2.45, 2.75) is 32.4 Å². The standard InChI is InChI=1S/C24H25ClFN5O2/c1-16-21(22(25)31(29-16)15-17-7-9-18(26)10-8-17)23(32)30-13-11-20(12-14-30)28-24(33)27-19-5-3-2-4-6-19/h2-10,20H,11-15H2,1H3,(H2,27,28,33). The van der Waals surface area contributed by atoms with E-state index in [2.05, 4.69) is 15.7 Å². The average Bonchev–Trinajstić information content (AvgIpc) is 3.08. The molecule has 1 aromatic heterocycles. The van der Waals surface area contributed by atoms with Crippen LogP contribution in [-0.2, 0) is 6.54 Å². The number of amides is 3. The molecule has 0 atom stereocenters. The SMILES string of the molecule is Cc1nn(Cc2ccc(F)cc2)c(Cl)c1C(=O)N1CCC(NC(=O)Nc2ccccc2)CC1. The van der Waals surface area contributed by atoms with Crippen molar-refractivity contribution >= 4 is 29.2 Å². The number of urea groups is 1. The summed E-state index contributed by atoms with van der Waals surface area (Å²) in [5.41, 5.74) is 2.49. The van der Waals surface area contributed by atoms with Gasteiger partial charge in [0.15, 0.2) is 0 Å². The lowest BCUT2D eigenvalue weighted by Gasteiger charge is -2.32. The van der Waals surface area contributed by atoms with Gasteiger partial charge in [-0.2, -0.15) is 5.10 Å². The Morgan fingerprint density at radius 3 is 2.42 bits per heavy atom. The smallest absolute Gasteiger partial charge is 0.319 e. The van der Waals surface area contributed by atoms with Crippen LogP contribution in [0.4, 0.5) is 14.9 Å². The van der Waals surface area contributed by atoms with Gasteiger partial charge in [-0.3, -0.25) is 4.79 Å². The molecule has 3 amide bonds. The van der Waals surface area contributed by atoms with Crippen molar-refractivity contribution in [1.29, 1.82) is 0 Å². The molecule has 4 rings (SSSR count). The molecule has 1 aliphatic heterocycles. The number of anilines is 1. The second-order valence-electron chi connectivity index (χ2n) is 8.07. The predicted octanol–water partition coefficient (Wildman–Crippen LogP) is 4.46. The van der Waals surface area contributed by atoms with Gasteiger partial charge in [0.2, 0.25) is 0 Å².